The average Bonchev–Trinajstić information content (AvgIpc) is 3.12. The van der Waals surface area contributed by atoms with Gasteiger partial charge in [-0.05, 0) is 30.4 Å². The summed E-state index contributed by atoms with van der Waals surface area (Å²) in [5.41, 5.74) is 0. The Hall–Kier alpha value is -1.14. The Morgan fingerprint density at radius 3 is 2.78 bits per heavy atom. The summed E-state index contributed by atoms with van der Waals surface area (Å²) in [5.74, 6) is 1.81. The van der Waals surface area contributed by atoms with Crippen LogP contribution in [0.1, 0.15) is 12.8 Å². The summed E-state index contributed by atoms with van der Waals surface area (Å²) < 4.78 is 5.51. The van der Waals surface area contributed by atoms with E-state index < -0.39 is 0 Å². The topological polar surface area (TPSA) is 63.2 Å². The van der Waals surface area contributed by atoms with Gasteiger partial charge in [-0.2, -0.15) is 15.0 Å². The predicted molar refractivity (Wildman–Crippen MR) is 71.2 cm³/mol. The first kappa shape index (κ1) is 13.3. The summed E-state index contributed by atoms with van der Waals surface area (Å²) in [5, 5.41) is 3.27. The minimum atomic E-state index is 0.190. The van der Waals surface area contributed by atoms with Gasteiger partial charge in [0.1, 0.15) is 0 Å². The molecular formula is C11H18ClN5O. The lowest BCUT2D eigenvalue weighted by Crippen LogP contribution is -2.17. The highest BCUT2D eigenvalue weighted by atomic mass is 35.5. The molecule has 0 aromatic carbocycles. The number of nitrogens with zero attached hydrogens (tertiary/aromatic N) is 4. The van der Waals surface area contributed by atoms with Gasteiger partial charge >= 0.3 is 0 Å². The van der Waals surface area contributed by atoms with Crippen molar-refractivity contribution in [3.8, 4) is 0 Å². The fourth-order valence-corrected chi connectivity index (χ4v) is 1.54. The molecule has 1 aromatic heterocycles. The Labute approximate surface area is 112 Å². The largest absolute Gasteiger partial charge is 0.379 e. The molecule has 0 bridgehead atoms. The minimum absolute atomic E-state index is 0.190. The molecule has 0 radical (unpaired) electrons. The van der Waals surface area contributed by atoms with Crippen molar-refractivity contribution in [3.05, 3.63) is 5.28 Å². The highest BCUT2D eigenvalue weighted by Crippen LogP contribution is 2.28. The van der Waals surface area contributed by atoms with Crippen LogP contribution < -0.4 is 10.2 Å². The fourth-order valence-electron chi connectivity index (χ4n) is 1.39. The maximum absolute atomic E-state index is 5.82. The number of hydrogen-bond acceptors (Lipinski definition) is 6. The molecule has 0 aliphatic heterocycles. The Morgan fingerprint density at radius 2 is 2.11 bits per heavy atom. The molecular weight excluding hydrogens is 254 g/mol. The molecule has 7 heteroatoms. The van der Waals surface area contributed by atoms with Crippen LogP contribution in [0, 0.1) is 5.92 Å². The first-order chi connectivity index (χ1) is 8.65. The van der Waals surface area contributed by atoms with Gasteiger partial charge in [0.2, 0.25) is 17.2 Å². The molecule has 100 valence electrons. The van der Waals surface area contributed by atoms with Crippen LogP contribution in [0.3, 0.4) is 0 Å². The quantitative estimate of drug-likeness (QED) is 0.757. The maximum atomic E-state index is 5.82. The lowest BCUT2D eigenvalue weighted by atomic mass is 10.5. The van der Waals surface area contributed by atoms with Crippen LogP contribution >= 0.6 is 11.6 Å². The van der Waals surface area contributed by atoms with Crippen molar-refractivity contribution in [2.45, 2.75) is 12.8 Å². The zero-order valence-corrected chi connectivity index (χ0v) is 11.4. The Morgan fingerprint density at radius 1 is 1.33 bits per heavy atom. The number of ether oxygens (including phenoxy) is 1. The summed E-state index contributed by atoms with van der Waals surface area (Å²) >= 11 is 5.82. The SMILES string of the molecule is CN(C)c1nc(Cl)nc(NCCOCC2CC2)n1. The van der Waals surface area contributed by atoms with E-state index in [1.165, 1.54) is 12.8 Å². The summed E-state index contributed by atoms with van der Waals surface area (Å²) in [4.78, 5) is 14.0. The number of anilines is 2. The van der Waals surface area contributed by atoms with Crippen LogP contribution in [-0.4, -0.2) is 48.8 Å². The third-order valence-electron chi connectivity index (χ3n) is 2.58. The Balaban J connectivity index is 1.76. The van der Waals surface area contributed by atoms with Crippen LogP contribution in [0.15, 0.2) is 0 Å². The highest BCUT2D eigenvalue weighted by molar-refractivity contribution is 6.28. The van der Waals surface area contributed by atoms with E-state index in [0.717, 1.165) is 12.5 Å². The van der Waals surface area contributed by atoms with E-state index in [9.17, 15) is 0 Å². The van der Waals surface area contributed by atoms with E-state index in [4.69, 9.17) is 16.3 Å². The molecule has 1 N–H and O–H groups in total. The van der Waals surface area contributed by atoms with Gasteiger partial charge in [0.05, 0.1) is 6.61 Å². The maximum Gasteiger partial charge on any atom is 0.230 e. The third kappa shape index (κ3) is 4.27. The summed E-state index contributed by atoms with van der Waals surface area (Å²) in [6.45, 7) is 2.18. The van der Waals surface area contributed by atoms with Crippen molar-refractivity contribution in [2.24, 2.45) is 5.92 Å². The second kappa shape index (κ2) is 6.15. The van der Waals surface area contributed by atoms with E-state index in [1.807, 2.05) is 14.1 Å². The first-order valence-corrected chi connectivity index (χ1v) is 6.43. The van der Waals surface area contributed by atoms with Crippen molar-refractivity contribution in [1.29, 1.82) is 0 Å². The zero-order valence-electron chi connectivity index (χ0n) is 10.7. The normalized spacial score (nSPS) is 14.6. The minimum Gasteiger partial charge on any atom is -0.379 e. The second-order valence-electron chi connectivity index (χ2n) is 4.57. The van der Waals surface area contributed by atoms with E-state index in [0.29, 0.717) is 25.0 Å². The van der Waals surface area contributed by atoms with Crippen LogP contribution in [-0.2, 0) is 4.74 Å². The Kier molecular flexibility index (Phi) is 4.54. The number of rotatable bonds is 7. The highest BCUT2D eigenvalue weighted by Gasteiger charge is 2.20. The molecule has 0 unspecified atom stereocenters. The molecule has 0 atom stereocenters. The van der Waals surface area contributed by atoms with Crippen molar-refractivity contribution < 1.29 is 4.74 Å². The number of nitrogens with one attached hydrogen (secondary N) is 1. The molecule has 18 heavy (non-hydrogen) atoms. The summed E-state index contributed by atoms with van der Waals surface area (Å²) in [6, 6.07) is 0. The van der Waals surface area contributed by atoms with Gasteiger partial charge in [0.25, 0.3) is 0 Å². The molecule has 6 nitrogen and oxygen atoms in total. The van der Waals surface area contributed by atoms with Crippen LogP contribution in [0.4, 0.5) is 11.9 Å². The van der Waals surface area contributed by atoms with Crippen LogP contribution in [0.25, 0.3) is 0 Å². The van der Waals surface area contributed by atoms with Gasteiger partial charge in [-0.1, -0.05) is 0 Å². The first-order valence-electron chi connectivity index (χ1n) is 6.05. The summed E-state index contributed by atoms with van der Waals surface area (Å²) in [7, 11) is 3.71. The van der Waals surface area contributed by atoms with Crippen LogP contribution in [0.2, 0.25) is 5.28 Å². The van der Waals surface area contributed by atoms with Gasteiger partial charge in [-0.3, -0.25) is 0 Å². The molecule has 0 amide bonds. The zero-order chi connectivity index (χ0) is 13.0. The van der Waals surface area contributed by atoms with E-state index in [-0.39, 0.29) is 5.28 Å². The lowest BCUT2D eigenvalue weighted by Gasteiger charge is -2.11. The van der Waals surface area contributed by atoms with E-state index in [1.54, 1.807) is 4.90 Å². The molecule has 1 aliphatic carbocycles. The van der Waals surface area contributed by atoms with Gasteiger partial charge < -0.3 is 15.0 Å². The average molecular weight is 272 g/mol. The monoisotopic (exact) mass is 271 g/mol. The molecule has 1 saturated carbocycles. The van der Waals surface area contributed by atoms with E-state index >= 15 is 0 Å². The summed E-state index contributed by atoms with van der Waals surface area (Å²) in [6.07, 6.45) is 2.62. The molecule has 2 rings (SSSR count). The van der Waals surface area contributed by atoms with Crippen molar-refractivity contribution in [3.63, 3.8) is 0 Å². The molecule has 1 fully saturated rings. The van der Waals surface area contributed by atoms with Crippen molar-refractivity contribution in [1.82, 2.24) is 15.0 Å². The molecule has 0 spiro atoms. The van der Waals surface area contributed by atoms with Crippen molar-refractivity contribution >= 4 is 23.5 Å². The van der Waals surface area contributed by atoms with E-state index in [2.05, 4.69) is 20.3 Å². The third-order valence-corrected chi connectivity index (χ3v) is 2.75. The smallest absolute Gasteiger partial charge is 0.230 e. The van der Waals surface area contributed by atoms with Gasteiger partial charge in [0.15, 0.2) is 0 Å². The molecule has 1 heterocycles. The number of hydrogen-bond donors (Lipinski definition) is 1. The predicted octanol–water partition coefficient (Wildman–Crippen LogP) is 1.43. The van der Waals surface area contributed by atoms with Crippen molar-refractivity contribution in [2.75, 3.05) is 44.1 Å². The fraction of sp³-hybridized carbons (Fsp3) is 0.727. The standard InChI is InChI=1S/C11H18ClN5O/c1-17(2)11-15-9(12)14-10(16-11)13-5-6-18-7-8-3-4-8/h8H,3-7H2,1-2H3,(H,13,14,15,16). The second-order valence-corrected chi connectivity index (χ2v) is 4.91. The lowest BCUT2D eigenvalue weighted by molar-refractivity contribution is 0.133. The Bertz CT molecular complexity index is 397. The van der Waals surface area contributed by atoms with Gasteiger partial charge in [0, 0.05) is 27.2 Å². The number of aromatic nitrogens is 3. The molecule has 0 saturated heterocycles. The molecule has 1 aliphatic rings. The van der Waals surface area contributed by atoms with Gasteiger partial charge in [-0.15, -0.1) is 0 Å². The van der Waals surface area contributed by atoms with Gasteiger partial charge in [-0.25, -0.2) is 0 Å². The van der Waals surface area contributed by atoms with Crippen LogP contribution in [0.5, 0.6) is 0 Å². The number of halogens is 1. The molecule has 1 aromatic rings.